The second kappa shape index (κ2) is 5.03. The third-order valence-electron chi connectivity index (χ3n) is 2.28. The molecule has 82 valence electrons. The Labute approximate surface area is 88.6 Å². The van der Waals surface area contributed by atoms with Gasteiger partial charge in [-0.15, -0.1) is 0 Å². The molecule has 1 aromatic rings. The first-order valence-corrected chi connectivity index (χ1v) is 4.90. The Morgan fingerprint density at radius 3 is 2.53 bits per heavy atom. The van der Waals surface area contributed by atoms with Gasteiger partial charge in [0.15, 0.2) is 0 Å². The molecular formula is C12H15F2N. The molecular weight excluding hydrogens is 196 g/mol. The molecule has 0 saturated heterocycles. The van der Waals surface area contributed by atoms with E-state index in [1.54, 1.807) is 6.08 Å². The normalized spacial score (nSPS) is 12.3. The van der Waals surface area contributed by atoms with Gasteiger partial charge in [-0.05, 0) is 18.1 Å². The van der Waals surface area contributed by atoms with Crippen molar-refractivity contribution >= 4 is 6.08 Å². The summed E-state index contributed by atoms with van der Waals surface area (Å²) < 4.78 is 25.9. The van der Waals surface area contributed by atoms with Crippen LogP contribution in [0, 0.1) is 17.6 Å². The fourth-order valence-electron chi connectivity index (χ4n) is 1.28. The molecule has 1 nitrogen and oxygen atoms in total. The van der Waals surface area contributed by atoms with Gasteiger partial charge in [0, 0.05) is 18.2 Å². The number of benzene rings is 1. The van der Waals surface area contributed by atoms with Crippen molar-refractivity contribution in [1.29, 1.82) is 0 Å². The summed E-state index contributed by atoms with van der Waals surface area (Å²) in [6.07, 6.45) is 1.68. The van der Waals surface area contributed by atoms with E-state index in [1.165, 1.54) is 12.1 Å². The quantitative estimate of drug-likeness (QED) is 0.817. The SMILES string of the molecule is CC(C)C(=Cc1ccc(F)cc1F)CN. The van der Waals surface area contributed by atoms with Crippen LogP contribution in [-0.2, 0) is 0 Å². The van der Waals surface area contributed by atoms with E-state index in [9.17, 15) is 8.78 Å². The highest BCUT2D eigenvalue weighted by Gasteiger charge is 2.05. The Morgan fingerprint density at radius 1 is 1.40 bits per heavy atom. The molecule has 0 saturated carbocycles. The summed E-state index contributed by atoms with van der Waals surface area (Å²) in [6, 6.07) is 3.53. The van der Waals surface area contributed by atoms with Crippen molar-refractivity contribution in [2.45, 2.75) is 13.8 Å². The minimum Gasteiger partial charge on any atom is -0.327 e. The first-order chi connectivity index (χ1) is 7.04. The van der Waals surface area contributed by atoms with Gasteiger partial charge in [0.05, 0.1) is 0 Å². The van der Waals surface area contributed by atoms with E-state index in [-0.39, 0.29) is 5.92 Å². The topological polar surface area (TPSA) is 26.0 Å². The van der Waals surface area contributed by atoms with Crippen LogP contribution in [0.4, 0.5) is 8.78 Å². The van der Waals surface area contributed by atoms with Crippen LogP contribution in [0.25, 0.3) is 6.08 Å². The van der Waals surface area contributed by atoms with E-state index >= 15 is 0 Å². The average Bonchev–Trinajstić information content (AvgIpc) is 2.16. The lowest BCUT2D eigenvalue weighted by atomic mass is 10.0. The highest BCUT2D eigenvalue weighted by atomic mass is 19.1. The second-order valence-electron chi connectivity index (χ2n) is 3.74. The van der Waals surface area contributed by atoms with Crippen molar-refractivity contribution in [3.05, 3.63) is 41.0 Å². The standard InChI is InChI=1S/C12H15F2N/c1-8(2)10(7-15)5-9-3-4-11(13)6-12(9)14/h3-6,8H,7,15H2,1-2H3. The van der Waals surface area contributed by atoms with Crippen LogP contribution < -0.4 is 5.73 Å². The highest BCUT2D eigenvalue weighted by Crippen LogP contribution is 2.17. The van der Waals surface area contributed by atoms with Crippen LogP contribution in [0.15, 0.2) is 23.8 Å². The van der Waals surface area contributed by atoms with Gasteiger partial charge in [0.1, 0.15) is 11.6 Å². The Morgan fingerprint density at radius 2 is 2.07 bits per heavy atom. The highest BCUT2D eigenvalue weighted by molar-refractivity contribution is 5.54. The molecule has 0 atom stereocenters. The number of hydrogen-bond acceptors (Lipinski definition) is 1. The molecule has 0 aromatic heterocycles. The van der Waals surface area contributed by atoms with E-state index in [4.69, 9.17) is 5.73 Å². The van der Waals surface area contributed by atoms with E-state index in [1.807, 2.05) is 13.8 Å². The van der Waals surface area contributed by atoms with Gasteiger partial charge in [-0.25, -0.2) is 8.78 Å². The van der Waals surface area contributed by atoms with Gasteiger partial charge in [-0.1, -0.05) is 25.5 Å². The minimum atomic E-state index is -0.566. The van der Waals surface area contributed by atoms with Crippen LogP contribution in [0.5, 0.6) is 0 Å². The number of nitrogens with two attached hydrogens (primary N) is 1. The molecule has 15 heavy (non-hydrogen) atoms. The maximum atomic E-state index is 13.3. The first kappa shape index (κ1) is 11.9. The Hall–Kier alpha value is -1.22. The van der Waals surface area contributed by atoms with Crippen LogP contribution in [0.2, 0.25) is 0 Å². The summed E-state index contributed by atoms with van der Waals surface area (Å²) in [6.45, 7) is 4.36. The number of halogens is 2. The minimum absolute atomic E-state index is 0.263. The fourth-order valence-corrected chi connectivity index (χ4v) is 1.28. The second-order valence-corrected chi connectivity index (χ2v) is 3.74. The maximum absolute atomic E-state index is 13.3. The van der Waals surface area contributed by atoms with Crippen molar-refractivity contribution in [2.75, 3.05) is 6.54 Å². The van der Waals surface area contributed by atoms with Gasteiger partial charge < -0.3 is 5.73 Å². The van der Waals surface area contributed by atoms with E-state index < -0.39 is 11.6 Å². The van der Waals surface area contributed by atoms with Crippen LogP contribution in [0.1, 0.15) is 19.4 Å². The Balaban J connectivity index is 3.06. The molecule has 0 unspecified atom stereocenters. The molecule has 0 aliphatic carbocycles. The molecule has 2 N–H and O–H groups in total. The van der Waals surface area contributed by atoms with E-state index in [0.717, 1.165) is 11.6 Å². The lowest BCUT2D eigenvalue weighted by molar-refractivity contribution is 0.581. The zero-order chi connectivity index (χ0) is 11.4. The van der Waals surface area contributed by atoms with Crippen LogP contribution in [-0.4, -0.2) is 6.54 Å². The smallest absolute Gasteiger partial charge is 0.133 e. The lowest BCUT2D eigenvalue weighted by Crippen LogP contribution is -2.08. The summed E-state index contributed by atoms with van der Waals surface area (Å²) >= 11 is 0. The number of hydrogen-bond donors (Lipinski definition) is 1. The van der Waals surface area contributed by atoms with Gasteiger partial charge in [-0.3, -0.25) is 0 Å². The number of rotatable bonds is 3. The molecule has 0 spiro atoms. The van der Waals surface area contributed by atoms with Gasteiger partial charge in [-0.2, -0.15) is 0 Å². The third kappa shape index (κ3) is 3.13. The Kier molecular flexibility index (Phi) is 3.97. The van der Waals surface area contributed by atoms with E-state index in [0.29, 0.717) is 12.1 Å². The molecule has 0 aliphatic rings. The zero-order valence-electron chi connectivity index (χ0n) is 8.93. The van der Waals surface area contributed by atoms with E-state index in [2.05, 4.69) is 0 Å². The Bertz CT molecular complexity index is 370. The van der Waals surface area contributed by atoms with Gasteiger partial charge >= 0.3 is 0 Å². The summed E-state index contributed by atoms with van der Waals surface area (Å²) in [7, 11) is 0. The molecule has 1 aromatic carbocycles. The largest absolute Gasteiger partial charge is 0.327 e. The lowest BCUT2D eigenvalue weighted by Gasteiger charge is -2.08. The average molecular weight is 211 g/mol. The molecule has 0 amide bonds. The van der Waals surface area contributed by atoms with Crippen molar-refractivity contribution in [3.8, 4) is 0 Å². The molecule has 0 radical (unpaired) electrons. The van der Waals surface area contributed by atoms with Crippen LogP contribution >= 0.6 is 0 Å². The van der Waals surface area contributed by atoms with Crippen molar-refractivity contribution < 1.29 is 8.78 Å². The molecule has 0 bridgehead atoms. The monoisotopic (exact) mass is 211 g/mol. The van der Waals surface area contributed by atoms with Crippen molar-refractivity contribution in [3.63, 3.8) is 0 Å². The van der Waals surface area contributed by atoms with Crippen LogP contribution in [0.3, 0.4) is 0 Å². The van der Waals surface area contributed by atoms with Crippen molar-refractivity contribution in [1.82, 2.24) is 0 Å². The van der Waals surface area contributed by atoms with Gasteiger partial charge in [0.2, 0.25) is 0 Å². The molecule has 1 rings (SSSR count). The summed E-state index contributed by atoms with van der Waals surface area (Å²) in [5.41, 5.74) is 6.86. The summed E-state index contributed by atoms with van der Waals surface area (Å²) in [4.78, 5) is 0. The first-order valence-electron chi connectivity index (χ1n) is 4.90. The fraction of sp³-hybridized carbons (Fsp3) is 0.333. The summed E-state index contributed by atoms with van der Waals surface area (Å²) in [5, 5.41) is 0. The molecule has 0 heterocycles. The molecule has 0 fully saturated rings. The molecule has 3 heteroatoms. The zero-order valence-corrected chi connectivity index (χ0v) is 8.93. The molecule has 0 aliphatic heterocycles. The predicted molar refractivity (Wildman–Crippen MR) is 58.2 cm³/mol. The third-order valence-corrected chi connectivity index (χ3v) is 2.28. The maximum Gasteiger partial charge on any atom is 0.133 e. The summed E-state index contributed by atoms with van der Waals surface area (Å²) in [5.74, 6) is -0.857. The van der Waals surface area contributed by atoms with Gasteiger partial charge in [0.25, 0.3) is 0 Å². The predicted octanol–water partition coefficient (Wildman–Crippen LogP) is 2.96. The van der Waals surface area contributed by atoms with Crippen molar-refractivity contribution in [2.24, 2.45) is 11.7 Å².